The van der Waals surface area contributed by atoms with Crippen molar-refractivity contribution in [1.82, 2.24) is 10.2 Å². The lowest BCUT2D eigenvalue weighted by atomic mass is 9.97. The zero-order valence-corrected chi connectivity index (χ0v) is 12.0. The average molecular weight is 264 g/mol. The number of rotatable bonds is 5. The molecule has 0 aromatic carbocycles. The van der Waals surface area contributed by atoms with Crippen molar-refractivity contribution in [2.24, 2.45) is 4.99 Å². The van der Waals surface area contributed by atoms with Gasteiger partial charge in [-0.3, -0.25) is 9.79 Å². The summed E-state index contributed by atoms with van der Waals surface area (Å²) in [5.41, 5.74) is -0.127. The maximum Gasteiger partial charge on any atom is 0.240 e. The fraction of sp³-hybridized carbons (Fsp3) is 0.643. The average Bonchev–Trinajstić information content (AvgIpc) is 2.47. The SMILES string of the molecule is CNC1CCCC(C)(C)N(C/C=C/N=C\C=N)C1=O. The summed E-state index contributed by atoms with van der Waals surface area (Å²) >= 11 is 0. The molecule has 106 valence electrons. The zero-order valence-electron chi connectivity index (χ0n) is 12.0. The molecule has 0 spiro atoms. The number of carbonyl (C=O) groups is 1. The highest BCUT2D eigenvalue weighted by atomic mass is 16.2. The van der Waals surface area contributed by atoms with E-state index in [-0.39, 0.29) is 17.5 Å². The van der Waals surface area contributed by atoms with Gasteiger partial charge in [0.2, 0.25) is 5.91 Å². The van der Waals surface area contributed by atoms with Crippen molar-refractivity contribution in [1.29, 1.82) is 5.41 Å². The standard InChI is InChI=1S/C14H24N4O/c1-14(2)7-4-6-12(16-3)13(19)18(14)11-5-9-17-10-8-15/h5,8-10,12,15-16H,4,6-7,11H2,1-3H3/b9-5+,15-8?,17-10-. The normalized spacial score (nSPS) is 24.1. The first-order valence-electron chi connectivity index (χ1n) is 6.69. The van der Waals surface area contributed by atoms with Crippen LogP contribution >= 0.6 is 0 Å². The Morgan fingerprint density at radius 3 is 2.95 bits per heavy atom. The Kier molecular flexibility index (Phi) is 5.89. The largest absolute Gasteiger partial charge is 0.332 e. The molecule has 1 heterocycles. The molecule has 5 nitrogen and oxygen atoms in total. The number of likely N-dealkylation sites (tertiary alicyclic amines) is 1. The highest BCUT2D eigenvalue weighted by Gasteiger charge is 2.36. The van der Waals surface area contributed by atoms with E-state index in [0.29, 0.717) is 6.54 Å². The molecule has 0 bridgehead atoms. The molecule has 2 N–H and O–H groups in total. The van der Waals surface area contributed by atoms with Gasteiger partial charge in [0, 0.05) is 30.7 Å². The third kappa shape index (κ3) is 4.28. The molecule has 1 unspecified atom stereocenters. The number of nitrogens with zero attached hydrogens (tertiary/aromatic N) is 2. The van der Waals surface area contributed by atoms with Gasteiger partial charge >= 0.3 is 0 Å². The van der Waals surface area contributed by atoms with Crippen LogP contribution in [0.4, 0.5) is 0 Å². The Labute approximate surface area is 115 Å². The number of carbonyl (C=O) groups excluding carboxylic acids is 1. The Morgan fingerprint density at radius 2 is 2.32 bits per heavy atom. The second kappa shape index (κ2) is 7.19. The third-order valence-electron chi connectivity index (χ3n) is 3.56. The molecule has 0 aromatic heterocycles. The number of likely N-dealkylation sites (N-methyl/N-ethyl adjacent to an activating group) is 1. The highest BCUT2D eigenvalue weighted by Crippen LogP contribution is 2.27. The molecule has 1 aliphatic heterocycles. The summed E-state index contributed by atoms with van der Waals surface area (Å²) in [6.07, 6.45) is 8.98. The first-order valence-corrected chi connectivity index (χ1v) is 6.69. The quantitative estimate of drug-likeness (QED) is 0.741. The Balaban J connectivity index is 2.78. The predicted octanol–water partition coefficient (Wildman–Crippen LogP) is 1.60. The molecule has 1 saturated heterocycles. The highest BCUT2D eigenvalue weighted by molar-refractivity contribution is 6.14. The molecule has 0 radical (unpaired) electrons. The molecule has 5 heteroatoms. The van der Waals surface area contributed by atoms with Gasteiger partial charge in [-0.05, 0) is 46.2 Å². The van der Waals surface area contributed by atoms with Crippen LogP contribution in [0.5, 0.6) is 0 Å². The van der Waals surface area contributed by atoms with E-state index in [2.05, 4.69) is 24.2 Å². The number of amides is 1. The van der Waals surface area contributed by atoms with Gasteiger partial charge in [-0.15, -0.1) is 0 Å². The van der Waals surface area contributed by atoms with Crippen molar-refractivity contribution in [3.63, 3.8) is 0 Å². The molecule has 1 fully saturated rings. The van der Waals surface area contributed by atoms with Crippen LogP contribution in [0, 0.1) is 5.41 Å². The Hall–Kier alpha value is -1.49. The molecule has 1 aliphatic rings. The monoisotopic (exact) mass is 264 g/mol. The lowest BCUT2D eigenvalue weighted by Crippen LogP contribution is -2.52. The van der Waals surface area contributed by atoms with Gasteiger partial charge in [0.15, 0.2) is 0 Å². The van der Waals surface area contributed by atoms with E-state index in [9.17, 15) is 4.79 Å². The van der Waals surface area contributed by atoms with E-state index in [1.54, 1.807) is 6.20 Å². The number of hydrogen-bond donors (Lipinski definition) is 2. The smallest absolute Gasteiger partial charge is 0.240 e. The van der Waals surface area contributed by atoms with E-state index >= 15 is 0 Å². The second-order valence-corrected chi connectivity index (χ2v) is 5.34. The minimum atomic E-state index is -0.127. The summed E-state index contributed by atoms with van der Waals surface area (Å²) in [6, 6.07) is -0.0831. The summed E-state index contributed by atoms with van der Waals surface area (Å²) in [4.78, 5) is 18.3. The minimum absolute atomic E-state index is 0.0831. The van der Waals surface area contributed by atoms with Crippen molar-refractivity contribution < 1.29 is 4.79 Å². The summed E-state index contributed by atoms with van der Waals surface area (Å²) in [6.45, 7) is 4.77. The fourth-order valence-electron chi connectivity index (χ4n) is 2.39. The number of nitrogens with one attached hydrogen (secondary N) is 2. The topological polar surface area (TPSA) is 68.6 Å². The van der Waals surface area contributed by atoms with Crippen molar-refractivity contribution in [2.45, 2.75) is 44.7 Å². The molecule has 0 saturated carbocycles. The van der Waals surface area contributed by atoms with Gasteiger partial charge in [-0.25, -0.2) is 0 Å². The molecule has 19 heavy (non-hydrogen) atoms. The lowest BCUT2D eigenvalue weighted by Gasteiger charge is -2.37. The van der Waals surface area contributed by atoms with Crippen LogP contribution in [-0.4, -0.2) is 48.4 Å². The van der Waals surface area contributed by atoms with Gasteiger partial charge < -0.3 is 15.6 Å². The Bertz CT molecular complexity index is 374. The summed E-state index contributed by atoms with van der Waals surface area (Å²) in [5, 5.41) is 9.93. The predicted molar refractivity (Wildman–Crippen MR) is 78.9 cm³/mol. The van der Waals surface area contributed by atoms with E-state index in [4.69, 9.17) is 5.41 Å². The van der Waals surface area contributed by atoms with Crippen LogP contribution in [0.2, 0.25) is 0 Å². The maximum atomic E-state index is 12.5. The summed E-state index contributed by atoms with van der Waals surface area (Å²) in [5.74, 6) is 0.158. The fourth-order valence-corrected chi connectivity index (χ4v) is 2.39. The Morgan fingerprint density at radius 1 is 1.58 bits per heavy atom. The van der Waals surface area contributed by atoms with Crippen molar-refractivity contribution >= 4 is 18.3 Å². The third-order valence-corrected chi connectivity index (χ3v) is 3.56. The van der Waals surface area contributed by atoms with Crippen LogP contribution in [0.1, 0.15) is 33.1 Å². The zero-order chi connectivity index (χ0) is 14.3. The molecular formula is C14H24N4O. The van der Waals surface area contributed by atoms with Crippen LogP contribution in [0.3, 0.4) is 0 Å². The van der Waals surface area contributed by atoms with E-state index in [0.717, 1.165) is 25.5 Å². The van der Waals surface area contributed by atoms with Crippen LogP contribution in [-0.2, 0) is 4.79 Å². The first kappa shape index (κ1) is 15.6. The maximum absolute atomic E-state index is 12.5. The van der Waals surface area contributed by atoms with Gasteiger partial charge in [0.25, 0.3) is 0 Å². The van der Waals surface area contributed by atoms with Crippen LogP contribution in [0.25, 0.3) is 0 Å². The van der Waals surface area contributed by atoms with Crippen molar-refractivity contribution in [3.05, 3.63) is 12.3 Å². The molecule has 1 rings (SSSR count). The first-order chi connectivity index (χ1) is 9.03. The molecular weight excluding hydrogens is 240 g/mol. The molecule has 0 aliphatic carbocycles. The minimum Gasteiger partial charge on any atom is -0.332 e. The molecule has 0 aromatic rings. The van der Waals surface area contributed by atoms with Gasteiger partial charge in [0.1, 0.15) is 0 Å². The van der Waals surface area contributed by atoms with Crippen LogP contribution in [0.15, 0.2) is 17.3 Å². The second-order valence-electron chi connectivity index (χ2n) is 5.34. The summed E-state index contributed by atoms with van der Waals surface area (Å²) < 4.78 is 0. The van der Waals surface area contributed by atoms with E-state index in [1.165, 1.54) is 6.21 Å². The van der Waals surface area contributed by atoms with Crippen molar-refractivity contribution in [2.75, 3.05) is 13.6 Å². The van der Waals surface area contributed by atoms with Gasteiger partial charge in [-0.2, -0.15) is 0 Å². The van der Waals surface area contributed by atoms with Gasteiger partial charge in [0.05, 0.1) is 6.04 Å². The molecule has 1 amide bonds. The van der Waals surface area contributed by atoms with Crippen molar-refractivity contribution in [3.8, 4) is 0 Å². The van der Waals surface area contributed by atoms with Crippen LogP contribution < -0.4 is 5.32 Å². The number of hydrogen-bond acceptors (Lipinski definition) is 4. The van der Waals surface area contributed by atoms with E-state index < -0.39 is 0 Å². The van der Waals surface area contributed by atoms with Gasteiger partial charge in [-0.1, -0.05) is 0 Å². The number of aliphatic imine (C=N–C) groups is 1. The van der Waals surface area contributed by atoms with E-state index in [1.807, 2.05) is 18.0 Å². The molecule has 1 atom stereocenters. The lowest BCUT2D eigenvalue weighted by molar-refractivity contribution is -0.136. The summed E-state index contributed by atoms with van der Waals surface area (Å²) in [7, 11) is 1.84.